The molecule has 8 heteroatoms. The molecular weight excluding hydrogens is 361 g/mol. The summed E-state index contributed by atoms with van der Waals surface area (Å²) in [4.78, 5) is 24.2. The number of nitrogens with one attached hydrogen (secondary N) is 1. The summed E-state index contributed by atoms with van der Waals surface area (Å²) in [5.74, 6) is -2.23. The third-order valence-electron chi connectivity index (χ3n) is 3.68. The van der Waals surface area contributed by atoms with E-state index in [9.17, 15) is 22.4 Å². The first-order valence-corrected chi connectivity index (χ1v) is 9.41. The summed E-state index contributed by atoms with van der Waals surface area (Å²) in [5.41, 5.74) is 0.145. The highest BCUT2D eigenvalue weighted by molar-refractivity contribution is 7.91. The van der Waals surface area contributed by atoms with Crippen molar-refractivity contribution in [3.63, 3.8) is 0 Å². The molecule has 1 N–H and O–H groups in total. The second-order valence-electron chi connectivity index (χ2n) is 5.48. The smallest absolute Gasteiger partial charge is 0.328 e. The number of halogens is 1. The van der Waals surface area contributed by atoms with E-state index in [2.05, 4.69) is 10.1 Å². The van der Waals surface area contributed by atoms with Crippen LogP contribution in [0, 0.1) is 5.82 Å². The lowest BCUT2D eigenvalue weighted by Gasteiger charge is -2.16. The van der Waals surface area contributed by atoms with E-state index in [-0.39, 0.29) is 22.6 Å². The van der Waals surface area contributed by atoms with Gasteiger partial charge in [-0.15, -0.1) is 0 Å². The number of hydrogen-bond acceptors (Lipinski definition) is 5. The summed E-state index contributed by atoms with van der Waals surface area (Å²) in [5, 5.41) is 2.43. The van der Waals surface area contributed by atoms with E-state index < -0.39 is 33.6 Å². The molecule has 0 spiro atoms. The molecule has 1 amide bonds. The summed E-state index contributed by atoms with van der Waals surface area (Å²) >= 11 is 0. The molecule has 138 valence electrons. The van der Waals surface area contributed by atoms with Gasteiger partial charge in [0.2, 0.25) is 0 Å². The molecule has 2 aromatic rings. The van der Waals surface area contributed by atoms with Crippen LogP contribution in [0.25, 0.3) is 0 Å². The number of carbonyl (C=O) groups is 2. The second-order valence-corrected chi connectivity index (χ2v) is 7.59. The number of hydrogen-bond donors (Lipinski definition) is 1. The van der Waals surface area contributed by atoms with Gasteiger partial charge in [0.25, 0.3) is 5.91 Å². The van der Waals surface area contributed by atoms with E-state index in [1.807, 2.05) is 0 Å². The van der Waals surface area contributed by atoms with Crippen LogP contribution in [0.2, 0.25) is 0 Å². The fraction of sp³-hybridized carbons (Fsp3) is 0.222. The van der Waals surface area contributed by atoms with E-state index in [1.165, 1.54) is 24.3 Å². The first kappa shape index (κ1) is 19.6. The average Bonchev–Trinajstić information content (AvgIpc) is 2.65. The molecule has 0 fully saturated rings. The van der Waals surface area contributed by atoms with Crippen molar-refractivity contribution in [1.29, 1.82) is 0 Å². The van der Waals surface area contributed by atoms with E-state index in [4.69, 9.17) is 0 Å². The minimum atomic E-state index is -3.61. The summed E-state index contributed by atoms with van der Waals surface area (Å²) < 4.78 is 42.2. The Hall–Kier alpha value is -2.74. The Kier molecular flexibility index (Phi) is 6.46. The van der Waals surface area contributed by atoms with Gasteiger partial charge in [-0.3, -0.25) is 4.79 Å². The van der Waals surface area contributed by atoms with Crippen molar-refractivity contribution in [2.45, 2.75) is 17.4 Å². The molecule has 0 saturated carbocycles. The normalized spacial score (nSPS) is 12.2. The first-order valence-electron chi connectivity index (χ1n) is 7.75. The molecular formula is C18H18FNO5S. The fourth-order valence-corrected chi connectivity index (χ4v) is 3.61. The zero-order valence-electron chi connectivity index (χ0n) is 14.0. The minimum Gasteiger partial charge on any atom is -0.467 e. The summed E-state index contributed by atoms with van der Waals surface area (Å²) in [6.45, 7) is 0. The molecule has 2 rings (SSSR count). The van der Waals surface area contributed by atoms with Gasteiger partial charge in [-0.1, -0.05) is 18.2 Å². The van der Waals surface area contributed by atoms with Crippen molar-refractivity contribution >= 4 is 21.7 Å². The SMILES string of the molecule is COC(=O)[C@H](CCS(=O)(=O)c1ccccc1)NC(=O)c1ccc(F)cc1. The molecule has 1 atom stereocenters. The molecule has 0 radical (unpaired) electrons. The Labute approximate surface area is 150 Å². The van der Waals surface area contributed by atoms with Gasteiger partial charge in [0.1, 0.15) is 11.9 Å². The van der Waals surface area contributed by atoms with E-state index in [0.717, 1.165) is 19.2 Å². The van der Waals surface area contributed by atoms with Crippen molar-refractivity contribution in [3.05, 3.63) is 66.0 Å². The summed E-state index contributed by atoms with van der Waals surface area (Å²) in [7, 11) is -2.47. The Morgan fingerprint density at radius 3 is 2.27 bits per heavy atom. The van der Waals surface area contributed by atoms with Crippen LogP contribution in [-0.2, 0) is 19.4 Å². The number of methoxy groups -OCH3 is 1. The molecule has 0 unspecified atom stereocenters. The largest absolute Gasteiger partial charge is 0.467 e. The number of sulfone groups is 1. The van der Waals surface area contributed by atoms with Crippen molar-refractivity contribution < 1.29 is 27.1 Å². The zero-order chi connectivity index (χ0) is 19.2. The number of rotatable bonds is 7. The third-order valence-corrected chi connectivity index (χ3v) is 5.44. The minimum absolute atomic E-state index is 0.133. The number of amides is 1. The Morgan fingerprint density at radius 1 is 1.08 bits per heavy atom. The van der Waals surface area contributed by atoms with Gasteiger partial charge in [0, 0.05) is 5.56 Å². The molecule has 6 nitrogen and oxygen atoms in total. The molecule has 0 aliphatic carbocycles. The summed E-state index contributed by atoms with van der Waals surface area (Å²) in [6.07, 6.45) is -0.156. The van der Waals surface area contributed by atoms with Crippen LogP contribution >= 0.6 is 0 Å². The Morgan fingerprint density at radius 2 is 1.69 bits per heavy atom. The Balaban J connectivity index is 2.09. The number of ether oxygens (including phenoxy) is 1. The molecule has 0 aromatic heterocycles. The fourth-order valence-electron chi connectivity index (χ4n) is 2.25. The molecule has 0 bridgehead atoms. The van der Waals surface area contributed by atoms with Crippen LogP contribution in [0.1, 0.15) is 16.8 Å². The van der Waals surface area contributed by atoms with Gasteiger partial charge in [0.05, 0.1) is 17.8 Å². The lowest BCUT2D eigenvalue weighted by Crippen LogP contribution is -2.42. The van der Waals surface area contributed by atoms with Crippen LogP contribution < -0.4 is 5.32 Å². The molecule has 0 aliphatic heterocycles. The van der Waals surface area contributed by atoms with Gasteiger partial charge in [-0.05, 0) is 42.8 Å². The Bertz CT molecular complexity index is 866. The molecule has 0 heterocycles. The van der Waals surface area contributed by atoms with Crippen LogP contribution in [0.15, 0.2) is 59.5 Å². The molecule has 0 saturated heterocycles. The van der Waals surface area contributed by atoms with Crippen LogP contribution in [0.3, 0.4) is 0 Å². The van der Waals surface area contributed by atoms with Gasteiger partial charge >= 0.3 is 5.97 Å². The monoisotopic (exact) mass is 379 g/mol. The number of carbonyl (C=O) groups excluding carboxylic acids is 2. The lowest BCUT2D eigenvalue weighted by molar-refractivity contribution is -0.142. The standard InChI is InChI=1S/C18H18FNO5S/c1-25-18(22)16(20-17(21)13-7-9-14(19)10-8-13)11-12-26(23,24)15-5-3-2-4-6-15/h2-10,16H,11-12H2,1H3,(H,20,21)/t16-/m0/s1. The quantitative estimate of drug-likeness (QED) is 0.743. The molecule has 0 aliphatic rings. The third kappa shape index (κ3) is 5.13. The van der Waals surface area contributed by atoms with E-state index >= 15 is 0 Å². The highest BCUT2D eigenvalue weighted by Gasteiger charge is 2.25. The highest BCUT2D eigenvalue weighted by Crippen LogP contribution is 2.13. The molecule has 2 aromatic carbocycles. The van der Waals surface area contributed by atoms with Gasteiger partial charge in [-0.2, -0.15) is 0 Å². The van der Waals surface area contributed by atoms with Gasteiger partial charge < -0.3 is 10.1 Å². The number of esters is 1. The van der Waals surface area contributed by atoms with Gasteiger partial charge in [-0.25, -0.2) is 17.6 Å². The van der Waals surface area contributed by atoms with Crippen molar-refractivity contribution in [2.24, 2.45) is 0 Å². The van der Waals surface area contributed by atoms with Crippen LogP contribution in [0.4, 0.5) is 4.39 Å². The predicted molar refractivity (Wildman–Crippen MR) is 92.8 cm³/mol. The van der Waals surface area contributed by atoms with Gasteiger partial charge in [0.15, 0.2) is 9.84 Å². The topological polar surface area (TPSA) is 89.5 Å². The predicted octanol–water partition coefficient (Wildman–Crippen LogP) is 1.96. The van der Waals surface area contributed by atoms with Crippen LogP contribution in [0.5, 0.6) is 0 Å². The summed E-state index contributed by atoms with van der Waals surface area (Å²) in [6, 6.07) is 11.4. The first-order chi connectivity index (χ1) is 12.3. The number of benzene rings is 2. The average molecular weight is 379 g/mol. The maximum Gasteiger partial charge on any atom is 0.328 e. The molecule has 26 heavy (non-hydrogen) atoms. The van der Waals surface area contributed by atoms with Crippen LogP contribution in [-0.4, -0.2) is 39.2 Å². The van der Waals surface area contributed by atoms with Crippen molar-refractivity contribution in [2.75, 3.05) is 12.9 Å². The van der Waals surface area contributed by atoms with E-state index in [0.29, 0.717) is 0 Å². The van der Waals surface area contributed by atoms with E-state index in [1.54, 1.807) is 18.2 Å². The van der Waals surface area contributed by atoms with Crippen molar-refractivity contribution in [3.8, 4) is 0 Å². The highest BCUT2D eigenvalue weighted by atomic mass is 32.2. The zero-order valence-corrected chi connectivity index (χ0v) is 14.8. The lowest BCUT2D eigenvalue weighted by atomic mass is 10.1. The second kappa shape index (κ2) is 8.57. The maximum atomic E-state index is 12.9. The maximum absolute atomic E-state index is 12.9. The van der Waals surface area contributed by atoms with Crippen molar-refractivity contribution in [1.82, 2.24) is 5.32 Å².